The Morgan fingerprint density at radius 3 is 2.63 bits per heavy atom. The van der Waals surface area contributed by atoms with E-state index < -0.39 is 0 Å². The van der Waals surface area contributed by atoms with E-state index in [9.17, 15) is 9.59 Å². The number of aromatic nitrogens is 2. The van der Waals surface area contributed by atoms with Crippen molar-refractivity contribution < 1.29 is 14.3 Å². The third-order valence-electron chi connectivity index (χ3n) is 4.31. The molecule has 1 fully saturated rings. The molecule has 0 unspecified atom stereocenters. The monoisotopic (exact) mass is 414 g/mol. The van der Waals surface area contributed by atoms with E-state index in [0.29, 0.717) is 34.8 Å². The molecule has 10 heteroatoms. The van der Waals surface area contributed by atoms with Crippen LogP contribution in [0.2, 0.25) is 0 Å². The largest absolute Gasteiger partial charge is 0.493 e. The molecule has 1 amide bonds. The standard InChI is InChI=1S/C17H22N4O4S.ClH/c1-4-21(17(23)12-8-26-9-18-12)7-15-19-11-6-14(25-3)13(24-2)5-10(11)16(22)20-15;/h5-6,12,18H,4,7-9H2,1-3H3,(H,19,20,22);1H/t12-;/m1./s1. The summed E-state index contributed by atoms with van der Waals surface area (Å²) in [6.07, 6.45) is 0. The number of halogens is 1. The van der Waals surface area contributed by atoms with Gasteiger partial charge in [-0.15, -0.1) is 24.2 Å². The summed E-state index contributed by atoms with van der Waals surface area (Å²) in [7, 11) is 3.04. The van der Waals surface area contributed by atoms with E-state index in [0.717, 1.165) is 11.6 Å². The Kier molecular flexibility index (Phi) is 7.34. The average Bonchev–Trinajstić information content (AvgIpc) is 3.19. The van der Waals surface area contributed by atoms with Crippen LogP contribution in [-0.2, 0) is 11.3 Å². The molecule has 2 N–H and O–H groups in total. The van der Waals surface area contributed by atoms with Crippen LogP contribution in [0.5, 0.6) is 11.5 Å². The zero-order valence-corrected chi connectivity index (χ0v) is 17.0. The van der Waals surface area contributed by atoms with E-state index in [2.05, 4.69) is 15.3 Å². The Labute approximate surface area is 167 Å². The van der Waals surface area contributed by atoms with Crippen LogP contribution in [0, 0.1) is 0 Å². The first kappa shape index (κ1) is 21.3. The van der Waals surface area contributed by atoms with Crippen molar-refractivity contribution in [1.29, 1.82) is 0 Å². The van der Waals surface area contributed by atoms with Crippen molar-refractivity contribution in [3.8, 4) is 11.5 Å². The summed E-state index contributed by atoms with van der Waals surface area (Å²) >= 11 is 1.70. The fourth-order valence-corrected chi connectivity index (χ4v) is 3.82. The highest BCUT2D eigenvalue weighted by molar-refractivity contribution is 7.99. The first-order valence-electron chi connectivity index (χ1n) is 8.32. The molecule has 1 aromatic carbocycles. The van der Waals surface area contributed by atoms with E-state index in [-0.39, 0.29) is 36.5 Å². The van der Waals surface area contributed by atoms with E-state index in [1.54, 1.807) is 28.8 Å². The van der Waals surface area contributed by atoms with Crippen molar-refractivity contribution in [1.82, 2.24) is 20.2 Å². The number of hydrogen-bond acceptors (Lipinski definition) is 7. The Morgan fingerprint density at radius 1 is 1.33 bits per heavy atom. The minimum absolute atomic E-state index is 0. The Balaban J connectivity index is 0.00000261. The summed E-state index contributed by atoms with van der Waals surface area (Å²) in [4.78, 5) is 34.0. The van der Waals surface area contributed by atoms with Gasteiger partial charge in [0.2, 0.25) is 5.91 Å². The predicted molar refractivity (Wildman–Crippen MR) is 108 cm³/mol. The summed E-state index contributed by atoms with van der Waals surface area (Å²) in [5.41, 5.74) is 0.225. The number of nitrogens with zero attached hydrogens (tertiary/aromatic N) is 2. The highest BCUT2D eigenvalue weighted by Gasteiger charge is 2.27. The molecule has 1 atom stereocenters. The van der Waals surface area contributed by atoms with E-state index >= 15 is 0 Å². The molecule has 8 nitrogen and oxygen atoms in total. The molecule has 1 aliphatic heterocycles. The summed E-state index contributed by atoms with van der Waals surface area (Å²) in [6.45, 7) is 2.69. The highest BCUT2D eigenvalue weighted by Crippen LogP contribution is 2.30. The molecule has 0 saturated carbocycles. The lowest BCUT2D eigenvalue weighted by Gasteiger charge is -2.23. The quantitative estimate of drug-likeness (QED) is 0.736. The number of ether oxygens (including phenoxy) is 2. The van der Waals surface area contributed by atoms with Gasteiger partial charge in [-0.1, -0.05) is 0 Å². The molecule has 0 spiro atoms. The van der Waals surface area contributed by atoms with E-state index in [4.69, 9.17) is 9.47 Å². The molecular weight excluding hydrogens is 392 g/mol. The average molecular weight is 415 g/mol. The van der Waals surface area contributed by atoms with Crippen molar-refractivity contribution in [3.63, 3.8) is 0 Å². The molecule has 0 bridgehead atoms. The lowest BCUT2D eigenvalue weighted by molar-refractivity contribution is -0.133. The molecule has 3 rings (SSSR count). The number of fused-ring (bicyclic) bond motifs is 1. The van der Waals surface area contributed by atoms with E-state index in [1.807, 2.05) is 6.92 Å². The number of amides is 1. The third-order valence-corrected chi connectivity index (χ3v) is 5.25. The number of thioether (sulfide) groups is 1. The summed E-state index contributed by atoms with van der Waals surface area (Å²) in [6, 6.07) is 3.09. The lowest BCUT2D eigenvalue weighted by Crippen LogP contribution is -2.44. The van der Waals surface area contributed by atoms with Gasteiger partial charge in [0.15, 0.2) is 11.5 Å². The van der Waals surface area contributed by atoms with Gasteiger partial charge in [0.25, 0.3) is 5.56 Å². The number of methoxy groups -OCH3 is 2. The molecule has 0 aliphatic carbocycles. The van der Waals surface area contributed by atoms with E-state index in [1.165, 1.54) is 14.2 Å². The molecule has 2 heterocycles. The maximum atomic E-state index is 12.6. The first-order chi connectivity index (χ1) is 12.6. The minimum atomic E-state index is -0.274. The van der Waals surface area contributed by atoms with Crippen molar-refractivity contribution in [2.24, 2.45) is 0 Å². The molecule has 1 aromatic heterocycles. The van der Waals surface area contributed by atoms with Crippen molar-refractivity contribution >= 4 is 41.0 Å². The number of rotatable bonds is 6. The Bertz CT molecular complexity index is 870. The van der Waals surface area contributed by atoms with Crippen LogP contribution in [0.25, 0.3) is 10.9 Å². The molecular formula is C17H23ClN4O4S. The predicted octanol–water partition coefficient (Wildman–Crippen LogP) is 1.37. The molecule has 0 radical (unpaired) electrons. The molecule has 1 aliphatic rings. The van der Waals surface area contributed by atoms with Gasteiger partial charge in [0.05, 0.1) is 37.7 Å². The van der Waals surface area contributed by atoms with Crippen LogP contribution in [-0.4, -0.2) is 59.2 Å². The maximum absolute atomic E-state index is 12.6. The number of H-pyrrole nitrogens is 1. The molecule has 1 saturated heterocycles. The van der Waals surface area contributed by atoms with Gasteiger partial charge in [-0.05, 0) is 13.0 Å². The number of benzene rings is 1. The van der Waals surface area contributed by atoms with Gasteiger partial charge < -0.3 is 19.4 Å². The SMILES string of the molecule is CCN(Cc1nc2cc(OC)c(OC)cc2c(=O)[nH]1)C(=O)[C@H]1CSCN1.Cl. The Morgan fingerprint density at radius 2 is 2.04 bits per heavy atom. The normalized spacial score (nSPS) is 16.0. The zero-order chi connectivity index (χ0) is 18.7. The van der Waals surface area contributed by atoms with Gasteiger partial charge >= 0.3 is 0 Å². The lowest BCUT2D eigenvalue weighted by atomic mass is 10.2. The molecule has 148 valence electrons. The molecule has 2 aromatic rings. The van der Waals surface area contributed by atoms with Gasteiger partial charge in [-0.25, -0.2) is 4.98 Å². The second kappa shape index (κ2) is 9.29. The number of nitrogens with one attached hydrogen (secondary N) is 2. The third kappa shape index (κ3) is 4.48. The van der Waals surface area contributed by atoms with Crippen LogP contribution in [0.4, 0.5) is 0 Å². The van der Waals surface area contributed by atoms with Gasteiger partial charge in [-0.3, -0.25) is 14.9 Å². The zero-order valence-electron chi connectivity index (χ0n) is 15.4. The highest BCUT2D eigenvalue weighted by atomic mass is 35.5. The Hall–Kier alpha value is -1.97. The van der Waals surface area contributed by atoms with Gasteiger partial charge in [0, 0.05) is 24.2 Å². The molecule has 27 heavy (non-hydrogen) atoms. The van der Waals surface area contributed by atoms with Crippen LogP contribution in [0.15, 0.2) is 16.9 Å². The summed E-state index contributed by atoms with van der Waals surface area (Å²) in [5.74, 6) is 2.97. The number of aromatic amines is 1. The van der Waals surface area contributed by atoms with Crippen molar-refractivity contribution in [3.05, 3.63) is 28.3 Å². The van der Waals surface area contributed by atoms with Gasteiger partial charge in [-0.2, -0.15) is 0 Å². The van der Waals surface area contributed by atoms with Crippen LogP contribution < -0.4 is 20.3 Å². The van der Waals surface area contributed by atoms with Crippen molar-refractivity contribution in [2.75, 3.05) is 32.4 Å². The second-order valence-corrected chi connectivity index (χ2v) is 6.89. The number of carbonyl (C=O) groups is 1. The topological polar surface area (TPSA) is 96.6 Å². The van der Waals surface area contributed by atoms with Crippen molar-refractivity contribution in [2.45, 2.75) is 19.5 Å². The fraction of sp³-hybridized carbons (Fsp3) is 0.471. The summed E-state index contributed by atoms with van der Waals surface area (Å²) in [5, 5.41) is 3.59. The van der Waals surface area contributed by atoms with Crippen LogP contribution in [0.3, 0.4) is 0 Å². The first-order valence-corrected chi connectivity index (χ1v) is 9.47. The second-order valence-electron chi connectivity index (χ2n) is 5.86. The fourth-order valence-electron chi connectivity index (χ4n) is 2.89. The number of carbonyl (C=O) groups excluding carboxylic acids is 1. The smallest absolute Gasteiger partial charge is 0.258 e. The van der Waals surface area contributed by atoms with Crippen LogP contribution >= 0.6 is 24.2 Å². The number of likely N-dealkylation sites (N-methyl/N-ethyl adjacent to an activating group) is 1. The minimum Gasteiger partial charge on any atom is -0.493 e. The van der Waals surface area contributed by atoms with Crippen LogP contribution in [0.1, 0.15) is 12.7 Å². The maximum Gasteiger partial charge on any atom is 0.258 e. The summed E-state index contributed by atoms with van der Waals surface area (Å²) < 4.78 is 10.5. The number of hydrogen-bond donors (Lipinski definition) is 2. The van der Waals surface area contributed by atoms with Gasteiger partial charge in [0.1, 0.15) is 5.82 Å².